The molecular formula is C55H51BN2. The minimum absolute atomic E-state index is 0.00248. The van der Waals surface area contributed by atoms with Crippen molar-refractivity contribution < 1.29 is 0 Å². The normalized spacial score (nSPS) is 20.0. The van der Waals surface area contributed by atoms with Crippen LogP contribution in [0.3, 0.4) is 0 Å². The molecule has 0 saturated heterocycles. The highest BCUT2D eigenvalue weighted by Gasteiger charge is 2.62. The molecule has 1 fully saturated rings. The van der Waals surface area contributed by atoms with Crippen LogP contribution in [0.1, 0.15) is 77.0 Å². The van der Waals surface area contributed by atoms with Gasteiger partial charge in [-0.1, -0.05) is 156 Å². The third kappa shape index (κ3) is 4.98. The highest BCUT2D eigenvalue weighted by Crippen LogP contribution is 2.63. The summed E-state index contributed by atoms with van der Waals surface area (Å²) < 4.78 is 0. The fourth-order valence-electron chi connectivity index (χ4n) is 11.3. The van der Waals surface area contributed by atoms with Crippen molar-refractivity contribution in [1.29, 1.82) is 0 Å². The maximum atomic E-state index is 2.88. The quantitative estimate of drug-likeness (QED) is 0.165. The van der Waals surface area contributed by atoms with Crippen LogP contribution >= 0.6 is 0 Å². The second-order valence-corrected chi connectivity index (χ2v) is 18.9. The fourth-order valence-corrected chi connectivity index (χ4v) is 11.3. The van der Waals surface area contributed by atoms with E-state index in [0.717, 1.165) is 0 Å². The van der Waals surface area contributed by atoms with Crippen molar-refractivity contribution >= 4 is 40.5 Å². The Hall–Kier alpha value is -5.80. The van der Waals surface area contributed by atoms with Crippen LogP contribution in [-0.4, -0.2) is 12.4 Å². The van der Waals surface area contributed by atoms with E-state index in [0.29, 0.717) is 0 Å². The van der Waals surface area contributed by atoms with Gasteiger partial charge in [-0.05, 0) is 135 Å². The lowest BCUT2D eigenvalue weighted by atomic mass is 9.43. The summed E-state index contributed by atoms with van der Waals surface area (Å²) in [6.45, 7) is 14.7. The molecule has 7 aromatic carbocycles. The number of benzene rings is 7. The van der Waals surface area contributed by atoms with Gasteiger partial charge in [-0.2, -0.15) is 0 Å². The molecular weight excluding hydrogens is 699 g/mol. The number of hydrogen-bond acceptors (Lipinski definition) is 2. The van der Waals surface area contributed by atoms with Crippen LogP contribution in [0.15, 0.2) is 152 Å². The maximum Gasteiger partial charge on any atom is 0.333 e. The first kappa shape index (κ1) is 35.4. The molecule has 0 amide bonds. The SMILES string of the molecule is Cc1ccccc1-c1cc2c3c(c1)N1c4c(cc(C(C)(C)C)cc4C4(C)CCCCC14C)B3N(c1ccc(-c3ccccc3)cc1)c1ccc(-c3ccccc3)cc1-2. The average molecular weight is 751 g/mol. The van der Waals surface area contributed by atoms with E-state index in [-0.39, 0.29) is 23.2 Å². The van der Waals surface area contributed by atoms with E-state index >= 15 is 0 Å². The van der Waals surface area contributed by atoms with E-state index in [1.807, 2.05) is 0 Å². The highest BCUT2D eigenvalue weighted by atomic mass is 15.3. The summed E-state index contributed by atoms with van der Waals surface area (Å²) in [7, 11) is 0. The smallest absolute Gasteiger partial charge is 0.333 e. The van der Waals surface area contributed by atoms with Crippen LogP contribution in [-0.2, 0) is 10.8 Å². The van der Waals surface area contributed by atoms with Crippen molar-refractivity contribution in [1.82, 2.24) is 0 Å². The number of fused-ring (bicyclic) bond motifs is 7. The fraction of sp³-hybridized carbons (Fsp3) is 0.236. The highest BCUT2D eigenvalue weighted by molar-refractivity contribution is 6.93. The minimum Gasteiger partial charge on any atom is -0.376 e. The van der Waals surface area contributed by atoms with Gasteiger partial charge in [0.05, 0.1) is 5.54 Å². The van der Waals surface area contributed by atoms with Crippen molar-refractivity contribution in [2.45, 2.75) is 83.6 Å². The van der Waals surface area contributed by atoms with Crippen LogP contribution in [0.2, 0.25) is 0 Å². The monoisotopic (exact) mass is 750 g/mol. The number of anilines is 4. The molecule has 0 spiro atoms. The zero-order valence-corrected chi connectivity index (χ0v) is 34.7. The van der Waals surface area contributed by atoms with Crippen molar-refractivity contribution in [2.24, 2.45) is 0 Å². The number of aryl methyl sites for hydroxylation is 1. The molecule has 11 rings (SSSR count). The van der Waals surface area contributed by atoms with Crippen molar-refractivity contribution in [3.05, 3.63) is 168 Å². The number of rotatable bonds is 4. The molecule has 2 unspecified atom stereocenters. The van der Waals surface area contributed by atoms with Gasteiger partial charge in [-0.15, -0.1) is 0 Å². The van der Waals surface area contributed by atoms with Gasteiger partial charge in [-0.3, -0.25) is 0 Å². The second kappa shape index (κ2) is 12.6. The molecule has 3 heterocycles. The van der Waals surface area contributed by atoms with Crippen molar-refractivity contribution in [2.75, 3.05) is 9.71 Å². The zero-order chi connectivity index (χ0) is 39.6. The molecule has 2 nitrogen and oxygen atoms in total. The molecule has 284 valence electrons. The Morgan fingerprint density at radius 1 is 0.552 bits per heavy atom. The van der Waals surface area contributed by atoms with Gasteiger partial charge in [0.25, 0.3) is 0 Å². The predicted molar refractivity (Wildman–Crippen MR) is 248 cm³/mol. The van der Waals surface area contributed by atoms with Crippen LogP contribution in [0.4, 0.5) is 22.7 Å². The summed E-state index contributed by atoms with van der Waals surface area (Å²) in [5, 5.41) is 0. The third-order valence-corrected chi connectivity index (χ3v) is 14.7. The zero-order valence-electron chi connectivity index (χ0n) is 34.7. The lowest BCUT2D eigenvalue weighted by Gasteiger charge is -2.53. The van der Waals surface area contributed by atoms with Crippen LogP contribution in [0.25, 0.3) is 44.5 Å². The van der Waals surface area contributed by atoms with Gasteiger partial charge in [-0.25, -0.2) is 0 Å². The molecule has 3 aliphatic heterocycles. The van der Waals surface area contributed by atoms with E-state index in [9.17, 15) is 0 Å². The molecule has 0 aromatic heterocycles. The number of nitrogens with zero attached hydrogens (tertiary/aromatic N) is 2. The van der Waals surface area contributed by atoms with Crippen LogP contribution < -0.4 is 20.6 Å². The third-order valence-electron chi connectivity index (χ3n) is 14.7. The van der Waals surface area contributed by atoms with E-state index in [2.05, 4.69) is 203 Å². The Kier molecular flexibility index (Phi) is 7.69. The van der Waals surface area contributed by atoms with Crippen LogP contribution in [0, 0.1) is 6.92 Å². The first-order valence-corrected chi connectivity index (χ1v) is 21.4. The van der Waals surface area contributed by atoms with Gasteiger partial charge in [0, 0.05) is 33.7 Å². The molecule has 1 aliphatic carbocycles. The molecule has 7 aromatic rings. The maximum absolute atomic E-state index is 2.88. The molecule has 1 saturated carbocycles. The lowest BCUT2D eigenvalue weighted by Crippen LogP contribution is -2.64. The van der Waals surface area contributed by atoms with Gasteiger partial charge < -0.3 is 9.71 Å². The largest absolute Gasteiger partial charge is 0.376 e. The van der Waals surface area contributed by atoms with Crippen LogP contribution in [0.5, 0.6) is 0 Å². The summed E-state index contributed by atoms with van der Waals surface area (Å²) in [6.07, 6.45) is 4.91. The molecule has 0 radical (unpaired) electrons. The average Bonchev–Trinajstić information content (AvgIpc) is 3.46. The van der Waals surface area contributed by atoms with Gasteiger partial charge >= 0.3 is 6.85 Å². The van der Waals surface area contributed by atoms with Gasteiger partial charge in [0.1, 0.15) is 0 Å². The lowest BCUT2D eigenvalue weighted by molar-refractivity contribution is 0.195. The first-order chi connectivity index (χ1) is 28.0. The second-order valence-electron chi connectivity index (χ2n) is 18.9. The summed E-state index contributed by atoms with van der Waals surface area (Å²) in [4.78, 5) is 5.58. The summed E-state index contributed by atoms with van der Waals surface area (Å²) in [6, 6.07) is 57.6. The molecule has 4 aliphatic rings. The first-order valence-electron chi connectivity index (χ1n) is 21.4. The molecule has 0 N–H and O–H groups in total. The Bertz CT molecular complexity index is 2760. The Labute approximate surface area is 345 Å². The Morgan fingerprint density at radius 2 is 1.17 bits per heavy atom. The van der Waals surface area contributed by atoms with E-state index in [1.165, 1.54) is 115 Å². The van der Waals surface area contributed by atoms with E-state index in [1.54, 1.807) is 5.56 Å². The Balaban J connectivity index is 1.26. The van der Waals surface area contributed by atoms with Gasteiger partial charge in [0.2, 0.25) is 0 Å². The topological polar surface area (TPSA) is 6.48 Å². The van der Waals surface area contributed by atoms with Crippen molar-refractivity contribution in [3.8, 4) is 44.5 Å². The molecule has 0 bridgehead atoms. The molecule has 58 heavy (non-hydrogen) atoms. The summed E-state index contributed by atoms with van der Waals surface area (Å²) in [5.74, 6) is 0. The minimum atomic E-state index is -0.0593. The molecule has 2 atom stereocenters. The summed E-state index contributed by atoms with van der Waals surface area (Å²) >= 11 is 0. The Morgan fingerprint density at radius 3 is 1.88 bits per heavy atom. The van der Waals surface area contributed by atoms with Crippen molar-refractivity contribution in [3.63, 3.8) is 0 Å². The van der Waals surface area contributed by atoms with E-state index < -0.39 is 0 Å². The number of hydrogen-bond donors (Lipinski definition) is 0. The van der Waals surface area contributed by atoms with E-state index in [4.69, 9.17) is 0 Å². The predicted octanol–water partition coefficient (Wildman–Crippen LogP) is 13.3. The standard InChI is InChI=1S/C55H51BN2/c1-36-17-13-14-22-44(36)41-32-46-45-31-40(38-20-11-8-12-21-38)25-28-49(45)58(43-26-23-39(24-27-43)37-18-9-7-10-19-37)56-48-35-42(53(2,3)4)34-47-52(48)57(50(33-41)51(46)56)55(6)30-16-15-29-54(47,55)5/h7-14,17-28,31-35H,15-16,29-30H2,1-6H3. The molecule has 3 heteroatoms. The summed E-state index contributed by atoms with van der Waals surface area (Å²) in [5.41, 5.74) is 22.7. The van der Waals surface area contributed by atoms with Gasteiger partial charge in [0.15, 0.2) is 0 Å².